The Hall–Kier alpha value is -1.36. The first-order valence-electron chi connectivity index (χ1n) is 7.09. The Labute approximate surface area is 115 Å². The average molecular weight is 267 g/mol. The molecule has 0 aliphatic rings. The first-order chi connectivity index (χ1) is 9.30. The van der Waals surface area contributed by atoms with Crippen molar-refractivity contribution in [3.05, 3.63) is 12.4 Å². The summed E-state index contributed by atoms with van der Waals surface area (Å²) in [4.78, 5) is 8.24. The standard InChI is InChI=1S/C14H25N3O2/c1-3-5-12(6-7-18)10-15-13-9-14(17-11-16-13)19-8-4-2/h9,11-12,18H,3-8,10H2,1-2H3,(H,15,16,17). The van der Waals surface area contributed by atoms with E-state index >= 15 is 0 Å². The molecule has 0 saturated heterocycles. The summed E-state index contributed by atoms with van der Waals surface area (Å²) < 4.78 is 5.47. The Balaban J connectivity index is 2.46. The number of hydrogen-bond donors (Lipinski definition) is 2. The van der Waals surface area contributed by atoms with Crippen molar-refractivity contribution in [2.45, 2.75) is 39.5 Å². The Morgan fingerprint density at radius 1 is 1.26 bits per heavy atom. The molecule has 1 aromatic heterocycles. The molecule has 1 aromatic rings. The number of rotatable bonds is 10. The monoisotopic (exact) mass is 267 g/mol. The van der Waals surface area contributed by atoms with E-state index in [2.05, 4.69) is 29.1 Å². The van der Waals surface area contributed by atoms with Crippen LogP contribution in [0.4, 0.5) is 5.82 Å². The van der Waals surface area contributed by atoms with E-state index in [4.69, 9.17) is 9.84 Å². The van der Waals surface area contributed by atoms with Gasteiger partial charge in [0.25, 0.3) is 0 Å². The van der Waals surface area contributed by atoms with Gasteiger partial charge in [0.05, 0.1) is 6.61 Å². The van der Waals surface area contributed by atoms with Gasteiger partial charge in [-0.15, -0.1) is 0 Å². The zero-order valence-electron chi connectivity index (χ0n) is 11.9. The van der Waals surface area contributed by atoms with Crippen LogP contribution in [0.1, 0.15) is 39.5 Å². The van der Waals surface area contributed by atoms with Gasteiger partial charge in [-0.05, 0) is 25.2 Å². The van der Waals surface area contributed by atoms with Gasteiger partial charge in [0, 0.05) is 19.2 Å². The molecule has 108 valence electrons. The van der Waals surface area contributed by atoms with Crippen molar-refractivity contribution in [1.82, 2.24) is 9.97 Å². The van der Waals surface area contributed by atoms with Crippen molar-refractivity contribution in [2.24, 2.45) is 5.92 Å². The lowest BCUT2D eigenvalue weighted by atomic mass is 10.0. The van der Waals surface area contributed by atoms with E-state index in [1.165, 1.54) is 6.33 Å². The van der Waals surface area contributed by atoms with E-state index in [1.807, 2.05) is 6.07 Å². The molecule has 1 rings (SSSR count). The zero-order chi connectivity index (χ0) is 13.9. The number of nitrogens with zero attached hydrogens (tertiary/aromatic N) is 2. The summed E-state index contributed by atoms with van der Waals surface area (Å²) in [5.41, 5.74) is 0. The van der Waals surface area contributed by atoms with Gasteiger partial charge in [0.2, 0.25) is 5.88 Å². The summed E-state index contributed by atoms with van der Waals surface area (Å²) in [6.45, 7) is 5.94. The van der Waals surface area contributed by atoms with Gasteiger partial charge in [-0.1, -0.05) is 20.3 Å². The van der Waals surface area contributed by atoms with Crippen molar-refractivity contribution in [3.63, 3.8) is 0 Å². The molecule has 0 aliphatic heterocycles. The normalized spacial score (nSPS) is 12.2. The lowest BCUT2D eigenvalue weighted by Crippen LogP contribution is -2.16. The molecular formula is C14H25N3O2. The third kappa shape index (κ3) is 6.38. The molecular weight excluding hydrogens is 242 g/mol. The van der Waals surface area contributed by atoms with Crippen LogP contribution in [0, 0.1) is 5.92 Å². The smallest absolute Gasteiger partial charge is 0.218 e. The number of anilines is 1. The van der Waals surface area contributed by atoms with Crippen molar-refractivity contribution in [3.8, 4) is 5.88 Å². The zero-order valence-corrected chi connectivity index (χ0v) is 11.9. The highest BCUT2D eigenvalue weighted by molar-refractivity contribution is 5.36. The van der Waals surface area contributed by atoms with Gasteiger partial charge in [-0.3, -0.25) is 0 Å². The molecule has 5 heteroatoms. The number of aliphatic hydroxyl groups is 1. The Morgan fingerprint density at radius 2 is 2.11 bits per heavy atom. The molecule has 1 unspecified atom stereocenters. The van der Waals surface area contributed by atoms with Crippen molar-refractivity contribution >= 4 is 5.82 Å². The predicted octanol–water partition coefficient (Wildman–Crippen LogP) is 2.48. The molecule has 0 fully saturated rings. The highest BCUT2D eigenvalue weighted by Gasteiger charge is 2.07. The van der Waals surface area contributed by atoms with Gasteiger partial charge in [-0.25, -0.2) is 9.97 Å². The van der Waals surface area contributed by atoms with Crippen LogP contribution in [0.2, 0.25) is 0 Å². The number of hydrogen-bond acceptors (Lipinski definition) is 5. The van der Waals surface area contributed by atoms with Gasteiger partial charge in [-0.2, -0.15) is 0 Å². The van der Waals surface area contributed by atoms with Gasteiger partial charge in [0.15, 0.2) is 0 Å². The topological polar surface area (TPSA) is 67.3 Å². The van der Waals surface area contributed by atoms with Crippen molar-refractivity contribution in [1.29, 1.82) is 0 Å². The minimum Gasteiger partial charge on any atom is -0.478 e. The molecule has 0 amide bonds. The van der Waals surface area contributed by atoms with Crippen LogP contribution in [-0.4, -0.2) is 34.8 Å². The summed E-state index contributed by atoms with van der Waals surface area (Å²) in [6.07, 6.45) is 5.53. The van der Waals surface area contributed by atoms with E-state index in [1.54, 1.807) is 0 Å². The second-order valence-electron chi connectivity index (χ2n) is 4.64. The molecule has 0 bridgehead atoms. The van der Waals surface area contributed by atoms with Crippen LogP contribution < -0.4 is 10.1 Å². The average Bonchev–Trinajstić information content (AvgIpc) is 2.43. The number of nitrogens with one attached hydrogen (secondary N) is 1. The fraction of sp³-hybridized carbons (Fsp3) is 0.714. The third-order valence-electron chi connectivity index (χ3n) is 2.90. The summed E-state index contributed by atoms with van der Waals surface area (Å²) in [6, 6.07) is 1.82. The maximum Gasteiger partial charge on any atom is 0.218 e. The molecule has 2 N–H and O–H groups in total. The first-order valence-corrected chi connectivity index (χ1v) is 7.09. The van der Waals surface area contributed by atoms with E-state index in [0.717, 1.165) is 38.0 Å². The second-order valence-corrected chi connectivity index (χ2v) is 4.64. The summed E-state index contributed by atoms with van der Waals surface area (Å²) in [5, 5.41) is 12.3. The Morgan fingerprint density at radius 3 is 2.79 bits per heavy atom. The molecule has 1 atom stereocenters. The van der Waals surface area contributed by atoms with Crippen LogP contribution in [0.15, 0.2) is 12.4 Å². The molecule has 1 heterocycles. The van der Waals surface area contributed by atoms with Gasteiger partial charge >= 0.3 is 0 Å². The van der Waals surface area contributed by atoms with E-state index in [-0.39, 0.29) is 6.61 Å². The summed E-state index contributed by atoms with van der Waals surface area (Å²) in [7, 11) is 0. The quantitative estimate of drug-likeness (QED) is 0.681. The SMILES string of the molecule is CCCOc1cc(NCC(CCC)CCO)ncn1. The van der Waals surface area contributed by atoms with E-state index < -0.39 is 0 Å². The van der Waals surface area contributed by atoms with Crippen LogP contribution in [0.5, 0.6) is 5.88 Å². The molecule has 0 aliphatic carbocycles. The third-order valence-corrected chi connectivity index (χ3v) is 2.90. The summed E-state index contributed by atoms with van der Waals surface area (Å²) >= 11 is 0. The van der Waals surface area contributed by atoms with Crippen LogP contribution >= 0.6 is 0 Å². The van der Waals surface area contributed by atoms with Crippen molar-refractivity contribution < 1.29 is 9.84 Å². The fourth-order valence-electron chi connectivity index (χ4n) is 1.91. The highest BCUT2D eigenvalue weighted by Crippen LogP contribution is 2.15. The Bertz CT molecular complexity index is 341. The molecule has 0 radical (unpaired) electrons. The highest BCUT2D eigenvalue weighted by atomic mass is 16.5. The maximum absolute atomic E-state index is 9.03. The van der Waals surface area contributed by atoms with Gasteiger partial charge < -0.3 is 15.2 Å². The lowest BCUT2D eigenvalue weighted by molar-refractivity contribution is 0.255. The second kappa shape index (κ2) is 9.55. The van der Waals surface area contributed by atoms with Crippen LogP contribution in [0.3, 0.4) is 0 Å². The molecule has 0 saturated carbocycles. The minimum atomic E-state index is 0.237. The lowest BCUT2D eigenvalue weighted by Gasteiger charge is -2.16. The molecule has 19 heavy (non-hydrogen) atoms. The fourth-order valence-corrected chi connectivity index (χ4v) is 1.91. The largest absolute Gasteiger partial charge is 0.478 e. The molecule has 0 aromatic carbocycles. The maximum atomic E-state index is 9.03. The van der Waals surface area contributed by atoms with Crippen molar-refractivity contribution in [2.75, 3.05) is 25.1 Å². The first kappa shape index (κ1) is 15.7. The summed E-state index contributed by atoms with van der Waals surface area (Å²) in [5.74, 6) is 1.86. The predicted molar refractivity (Wildman–Crippen MR) is 76.4 cm³/mol. The number of aromatic nitrogens is 2. The number of aliphatic hydroxyl groups excluding tert-OH is 1. The van der Waals surface area contributed by atoms with Gasteiger partial charge in [0.1, 0.15) is 12.1 Å². The van der Waals surface area contributed by atoms with E-state index in [0.29, 0.717) is 18.4 Å². The minimum absolute atomic E-state index is 0.237. The molecule has 0 spiro atoms. The Kier molecular flexibility index (Phi) is 7.89. The van der Waals surface area contributed by atoms with Crippen LogP contribution in [0.25, 0.3) is 0 Å². The van der Waals surface area contributed by atoms with Crippen LogP contribution in [-0.2, 0) is 0 Å². The van der Waals surface area contributed by atoms with E-state index in [9.17, 15) is 0 Å². The number of ether oxygens (including phenoxy) is 1. The molecule has 5 nitrogen and oxygen atoms in total.